The Morgan fingerprint density at radius 3 is 2.38 bits per heavy atom. The molecule has 2 aromatic carbocycles. The van der Waals surface area contributed by atoms with Crippen molar-refractivity contribution in [1.82, 2.24) is 19.8 Å². The topological polar surface area (TPSA) is 87.2 Å². The Morgan fingerprint density at radius 2 is 1.69 bits per heavy atom. The van der Waals surface area contributed by atoms with Gasteiger partial charge in [-0.15, -0.1) is 0 Å². The van der Waals surface area contributed by atoms with E-state index in [4.69, 9.17) is 0 Å². The number of aromatic amines is 1. The Morgan fingerprint density at radius 1 is 1.03 bits per heavy atom. The molecule has 2 heterocycles. The number of hydrogen-bond acceptors (Lipinski definition) is 3. The van der Waals surface area contributed by atoms with Crippen LogP contribution in [0.25, 0.3) is 11.0 Å². The smallest absolute Gasteiger partial charge is 0.326 e. The maximum absolute atomic E-state index is 13.2. The maximum Gasteiger partial charge on any atom is 0.326 e. The van der Waals surface area contributed by atoms with Gasteiger partial charge in [-0.25, -0.2) is 4.79 Å². The van der Waals surface area contributed by atoms with Gasteiger partial charge in [0.25, 0.3) is 0 Å². The number of benzene rings is 2. The van der Waals surface area contributed by atoms with Crippen LogP contribution in [0.3, 0.4) is 0 Å². The molecule has 0 aliphatic carbocycles. The minimum atomic E-state index is -0.557. The van der Waals surface area contributed by atoms with Crippen molar-refractivity contribution >= 4 is 22.8 Å². The first kappa shape index (κ1) is 21.9. The number of likely N-dealkylation sites (tertiary alicyclic amines) is 1. The minimum Gasteiger partial charge on any atom is -0.344 e. The molecule has 2 amide bonds. The molecule has 1 aliphatic rings. The van der Waals surface area contributed by atoms with Crippen molar-refractivity contribution in [3.05, 3.63) is 70.6 Å². The number of carbonyl (C=O) groups excluding carboxylic acids is 2. The summed E-state index contributed by atoms with van der Waals surface area (Å²) in [6.07, 6.45) is 1.66. The predicted molar refractivity (Wildman–Crippen MR) is 124 cm³/mol. The van der Waals surface area contributed by atoms with Crippen LogP contribution in [0.1, 0.15) is 38.3 Å². The second-order valence-corrected chi connectivity index (χ2v) is 8.83. The van der Waals surface area contributed by atoms with Gasteiger partial charge in [-0.3, -0.25) is 14.2 Å². The van der Waals surface area contributed by atoms with Gasteiger partial charge in [-0.1, -0.05) is 56.3 Å². The van der Waals surface area contributed by atoms with Crippen LogP contribution in [-0.4, -0.2) is 45.4 Å². The van der Waals surface area contributed by atoms with Crippen LogP contribution in [0.15, 0.2) is 59.4 Å². The Labute approximate surface area is 187 Å². The molecule has 168 valence electrons. The van der Waals surface area contributed by atoms with Crippen LogP contribution in [0, 0.1) is 5.92 Å². The average molecular weight is 435 g/mol. The molecule has 0 unspecified atom stereocenters. The molecule has 0 saturated carbocycles. The van der Waals surface area contributed by atoms with Gasteiger partial charge in [0.2, 0.25) is 11.8 Å². The molecule has 7 nitrogen and oxygen atoms in total. The molecule has 4 rings (SSSR count). The zero-order chi connectivity index (χ0) is 22.7. The van der Waals surface area contributed by atoms with E-state index in [-0.39, 0.29) is 35.9 Å². The third-order valence-corrected chi connectivity index (χ3v) is 6.22. The summed E-state index contributed by atoms with van der Waals surface area (Å²) in [7, 11) is 0. The van der Waals surface area contributed by atoms with Gasteiger partial charge in [-0.2, -0.15) is 0 Å². The summed E-state index contributed by atoms with van der Waals surface area (Å²) in [4.78, 5) is 43.0. The lowest BCUT2D eigenvalue weighted by Gasteiger charge is -2.35. The second-order valence-electron chi connectivity index (χ2n) is 8.83. The number of para-hydroxylation sites is 2. The van der Waals surface area contributed by atoms with Crippen molar-refractivity contribution in [1.29, 1.82) is 0 Å². The highest BCUT2D eigenvalue weighted by Gasteiger charge is 2.32. The summed E-state index contributed by atoms with van der Waals surface area (Å²) in [6, 6.07) is 16.7. The summed E-state index contributed by atoms with van der Waals surface area (Å²) in [5, 5.41) is 2.94. The normalized spacial score (nSPS) is 15.8. The first-order valence-electron chi connectivity index (χ1n) is 11.3. The number of nitrogens with zero attached hydrogens (tertiary/aromatic N) is 2. The van der Waals surface area contributed by atoms with Crippen molar-refractivity contribution in [2.75, 3.05) is 13.1 Å². The first-order chi connectivity index (χ1) is 15.4. The predicted octanol–water partition coefficient (Wildman–Crippen LogP) is 2.88. The molecule has 0 spiro atoms. The molecule has 1 aliphatic heterocycles. The molecule has 3 aromatic rings. The number of amides is 2. The Bertz CT molecular complexity index is 1140. The lowest BCUT2D eigenvalue weighted by atomic mass is 9.99. The van der Waals surface area contributed by atoms with Gasteiger partial charge in [-0.05, 0) is 36.5 Å². The van der Waals surface area contributed by atoms with E-state index in [0.717, 1.165) is 16.6 Å². The standard InChI is InChI=1S/C25H30N4O3/c1-17(2)23(27-22(30)16-18-8-4-3-5-9-18)24(31)28-14-12-19(13-15-28)29-21-11-7-6-10-20(21)26-25(29)32/h3-11,17,19,23H,12-16H2,1-2H3,(H,26,32)(H,27,30)/t23-/m0/s1. The fraction of sp³-hybridized carbons (Fsp3) is 0.400. The van der Waals surface area contributed by atoms with Crippen LogP contribution in [0.2, 0.25) is 0 Å². The molecule has 1 saturated heterocycles. The largest absolute Gasteiger partial charge is 0.344 e. The van der Waals surface area contributed by atoms with Gasteiger partial charge in [0, 0.05) is 19.1 Å². The lowest BCUT2D eigenvalue weighted by Crippen LogP contribution is -2.53. The highest BCUT2D eigenvalue weighted by Crippen LogP contribution is 2.25. The molecule has 1 atom stereocenters. The molecule has 2 N–H and O–H groups in total. The van der Waals surface area contributed by atoms with Crippen molar-refractivity contribution in [2.24, 2.45) is 5.92 Å². The highest BCUT2D eigenvalue weighted by atomic mass is 16.2. The van der Waals surface area contributed by atoms with Crippen molar-refractivity contribution in [2.45, 2.75) is 45.2 Å². The maximum atomic E-state index is 13.2. The van der Waals surface area contributed by atoms with Gasteiger partial charge in [0.05, 0.1) is 17.5 Å². The summed E-state index contributed by atoms with van der Waals surface area (Å²) >= 11 is 0. The number of hydrogen-bond donors (Lipinski definition) is 2. The van der Waals surface area contributed by atoms with Crippen molar-refractivity contribution in [3.63, 3.8) is 0 Å². The fourth-order valence-electron chi connectivity index (χ4n) is 4.50. The van der Waals surface area contributed by atoms with Crippen LogP contribution in [0.5, 0.6) is 0 Å². The second kappa shape index (κ2) is 9.42. The van der Waals surface area contributed by atoms with E-state index in [0.29, 0.717) is 25.9 Å². The fourth-order valence-corrected chi connectivity index (χ4v) is 4.50. The van der Waals surface area contributed by atoms with E-state index in [1.165, 1.54) is 0 Å². The zero-order valence-corrected chi connectivity index (χ0v) is 18.6. The average Bonchev–Trinajstić information content (AvgIpc) is 3.13. The summed E-state index contributed by atoms with van der Waals surface area (Å²) in [6.45, 7) is 5.02. The number of carbonyl (C=O) groups is 2. The third kappa shape index (κ3) is 4.61. The molecule has 32 heavy (non-hydrogen) atoms. The van der Waals surface area contributed by atoms with E-state index in [2.05, 4.69) is 10.3 Å². The number of imidazole rings is 1. The molecule has 1 aromatic heterocycles. The molecule has 0 radical (unpaired) electrons. The Balaban J connectivity index is 1.40. The number of aromatic nitrogens is 2. The highest BCUT2D eigenvalue weighted by molar-refractivity contribution is 5.88. The van der Waals surface area contributed by atoms with E-state index in [1.807, 2.05) is 77.9 Å². The number of nitrogens with one attached hydrogen (secondary N) is 2. The van der Waals surface area contributed by atoms with Crippen molar-refractivity contribution < 1.29 is 9.59 Å². The Kier molecular flexibility index (Phi) is 6.44. The van der Waals surface area contributed by atoms with E-state index >= 15 is 0 Å². The van der Waals surface area contributed by atoms with Crippen molar-refractivity contribution in [3.8, 4) is 0 Å². The van der Waals surface area contributed by atoms with E-state index in [9.17, 15) is 14.4 Å². The van der Waals surface area contributed by atoms with Crippen LogP contribution < -0.4 is 11.0 Å². The van der Waals surface area contributed by atoms with E-state index in [1.54, 1.807) is 0 Å². The quantitative estimate of drug-likeness (QED) is 0.625. The number of piperidine rings is 1. The lowest BCUT2D eigenvalue weighted by molar-refractivity contribution is -0.138. The van der Waals surface area contributed by atoms with Gasteiger partial charge < -0.3 is 15.2 Å². The number of H-pyrrole nitrogens is 1. The van der Waals surface area contributed by atoms with Crippen LogP contribution >= 0.6 is 0 Å². The summed E-state index contributed by atoms with van der Waals surface area (Å²) < 4.78 is 1.82. The molecule has 1 fully saturated rings. The SMILES string of the molecule is CC(C)[C@H](NC(=O)Cc1ccccc1)C(=O)N1CCC(n2c(=O)[nH]c3ccccc32)CC1. The summed E-state index contributed by atoms with van der Waals surface area (Å²) in [5.41, 5.74) is 2.54. The van der Waals surface area contributed by atoms with E-state index < -0.39 is 6.04 Å². The molecule has 7 heteroatoms. The summed E-state index contributed by atoms with van der Waals surface area (Å²) in [5.74, 6) is -0.217. The van der Waals surface area contributed by atoms with Gasteiger partial charge in [0.15, 0.2) is 0 Å². The van der Waals surface area contributed by atoms with Crippen LogP contribution in [0.4, 0.5) is 0 Å². The van der Waals surface area contributed by atoms with Crippen LogP contribution in [-0.2, 0) is 16.0 Å². The monoisotopic (exact) mass is 434 g/mol. The molecule has 0 bridgehead atoms. The molecular weight excluding hydrogens is 404 g/mol. The first-order valence-corrected chi connectivity index (χ1v) is 11.3. The van der Waals surface area contributed by atoms with Gasteiger partial charge >= 0.3 is 5.69 Å². The molecular formula is C25H30N4O3. The number of fused-ring (bicyclic) bond motifs is 1. The third-order valence-electron chi connectivity index (χ3n) is 6.22. The minimum absolute atomic E-state index is 0.0174. The van der Waals surface area contributed by atoms with Gasteiger partial charge in [0.1, 0.15) is 6.04 Å². The zero-order valence-electron chi connectivity index (χ0n) is 18.6. The number of rotatable bonds is 6. The Hall–Kier alpha value is -3.35.